The fourth-order valence-electron chi connectivity index (χ4n) is 1.98. The van der Waals surface area contributed by atoms with Gasteiger partial charge in [-0.25, -0.2) is 10.8 Å². The van der Waals surface area contributed by atoms with E-state index in [2.05, 4.69) is 15.7 Å². The number of rotatable bonds is 4. The molecule has 2 rings (SSSR count). The molecule has 1 aromatic rings. The van der Waals surface area contributed by atoms with E-state index in [4.69, 9.17) is 10.6 Å². The van der Waals surface area contributed by atoms with Crippen LogP contribution >= 0.6 is 0 Å². The lowest BCUT2D eigenvalue weighted by atomic mass is 9.90. The van der Waals surface area contributed by atoms with Gasteiger partial charge in [0.15, 0.2) is 0 Å². The minimum absolute atomic E-state index is 0.0874. The SMILES string of the molecule is NNc1cc(NC2(CO)CCOCC2)ccn1. The van der Waals surface area contributed by atoms with Gasteiger partial charge in [-0.15, -0.1) is 0 Å². The Hall–Kier alpha value is -1.37. The molecule has 0 unspecified atom stereocenters. The molecule has 17 heavy (non-hydrogen) atoms. The van der Waals surface area contributed by atoms with E-state index < -0.39 is 0 Å². The van der Waals surface area contributed by atoms with Crippen LogP contribution in [0.15, 0.2) is 18.3 Å². The van der Waals surface area contributed by atoms with Crippen molar-refractivity contribution in [1.29, 1.82) is 0 Å². The number of hydrogen-bond acceptors (Lipinski definition) is 6. The first-order chi connectivity index (χ1) is 8.28. The molecule has 0 spiro atoms. The third-order valence-electron chi connectivity index (χ3n) is 3.07. The molecule has 94 valence electrons. The number of ether oxygens (including phenoxy) is 1. The molecule has 1 aliphatic heterocycles. The highest BCUT2D eigenvalue weighted by Crippen LogP contribution is 2.26. The number of pyridine rings is 1. The first kappa shape index (κ1) is 12.1. The van der Waals surface area contributed by atoms with E-state index in [1.165, 1.54) is 0 Å². The molecule has 1 aromatic heterocycles. The largest absolute Gasteiger partial charge is 0.394 e. The third-order valence-corrected chi connectivity index (χ3v) is 3.07. The van der Waals surface area contributed by atoms with E-state index in [1.54, 1.807) is 6.20 Å². The van der Waals surface area contributed by atoms with E-state index in [9.17, 15) is 5.11 Å². The number of nitrogens with two attached hydrogens (primary N) is 1. The van der Waals surface area contributed by atoms with Gasteiger partial charge in [-0.1, -0.05) is 0 Å². The predicted octanol–water partition coefficient (Wildman–Crippen LogP) is 0.321. The second-order valence-corrected chi connectivity index (χ2v) is 4.25. The molecule has 1 fully saturated rings. The van der Waals surface area contributed by atoms with Crippen molar-refractivity contribution in [2.24, 2.45) is 5.84 Å². The third kappa shape index (κ3) is 2.85. The molecule has 6 heteroatoms. The Bertz CT molecular complexity index is 366. The van der Waals surface area contributed by atoms with Crippen LogP contribution in [0.2, 0.25) is 0 Å². The average molecular weight is 238 g/mol. The van der Waals surface area contributed by atoms with Crippen LogP contribution in [0, 0.1) is 0 Å². The summed E-state index contributed by atoms with van der Waals surface area (Å²) in [5, 5.41) is 12.9. The van der Waals surface area contributed by atoms with E-state index in [0.29, 0.717) is 19.0 Å². The monoisotopic (exact) mass is 238 g/mol. The standard InChI is InChI=1S/C11H18N4O2/c12-15-10-7-9(1-4-13-10)14-11(8-16)2-5-17-6-3-11/h1,4,7,16H,2-3,5-6,8,12H2,(H2,13,14,15). The first-order valence-corrected chi connectivity index (χ1v) is 5.67. The van der Waals surface area contributed by atoms with Crippen molar-refractivity contribution in [2.45, 2.75) is 18.4 Å². The number of anilines is 2. The Balaban J connectivity index is 2.11. The number of hydrazine groups is 1. The smallest absolute Gasteiger partial charge is 0.141 e. The summed E-state index contributed by atoms with van der Waals surface area (Å²) < 4.78 is 5.31. The Morgan fingerprint density at radius 1 is 1.47 bits per heavy atom. The molecule has 0 atom stereocenters. The molecular weight excluding hydrogens is 220 g/mol. The van der Waals surface area contributed by atoms with Gasteiger partial charge in [-0.05, 0) is 18.9 Å². The molecule has 6 nitrogen and oxygen atoms in total. The van der Waals surface area contributed by atoms with Crippen molar-refractivity contribution in [1.82, 2.24) is 4.98 Å². The van der Waals surface area contributed by atoms with Crippen molar-refractivity contribution in [3.63, 3.8) is 0 Å². The molecule has 0 aromatic carbocycles. The molecule has 5 N–H and O–H groups in total. The number of hydrogen-bond donors (Lipinski definition) is 4. The van der Waals surface area contributed by atoms with Crippen LogP contribution in [0.5, 0.6) is 0 Å². The normalized spacial score (nSPS) is 18.7. The number of nitrogens with zero attached hydrogens (tertiary/aromatic N) is 1. The minimum atomic E-state index is -0.300. The van der Waals surface area contributed by atoms with Gasteiger partial charge in [0, 0.05) is 31.2 Å². The van der Waals surface area contributed by atoms with Crippen LogP contribution in [0.1, 0.15) is 12.8 Å². The van der Waals surface area contributed by atoms with E-state index in [0.717, 1.165) is 18.5 Å². The zero-order valence-corrected chi connectivity index (χ0v) is 9.65. The highest BCUT2D eigenvalue weighted by molar-refractivity contribution is 5.53. The van der Waals surface area contributed by atoms with Gasteiger partial charge in [0.05, 0.1) is 12.1 Å². The average Bonchev–Trinajstić information content (AvgIpc) is 2.40. The van der Waals surface area contributed by atoms with Crippen LogP contribution in [0.3, 0.4) is 0 Å². The highest BCUT2D eigenvalue weighted by atomic mass is 16.5. The second kappa shape index (κ2) is 5.31. The number of aliphatic hydroxyl groups excluding tert-OH is 1. The molecular formula is C11H18N4O2. The zero-order valence-electron chi connectivity index (χ0n) is 9.65. The number of nitrogens with one attached hydrogen (secondary N) is 2. The lowest BCUT2D eigenvalue weighted by molar-refractivity contribution is 0.0380. The van der Waals surface area contributed by atoms with Crippen LogP contribution in [-0.2, 0) is 4.74 Å². The van der Waals surface area contributed by atoms with E-state index in [-0.39, 0.29) is 12.1 Å². The van der Waals surface area contributed by atoms with Gasteiger partial charge in [-0.2, -0.15) is 0 Å². The lowest BCUT2D eigenvalue weighted by Crippen LogP contribution is -2.46. The second-order valence-electron chi connectivity index (χ2n) is 4.25. The van der Waals surface area contributed by atoms with Crippen molar-refractivity contribution >= 4 is 11.5 Å². The Morgan fingerprint density at radius 2 is 2.24 bits per heavy atom. The van der Waals surface area contributed by atoms with Crippen molar-refractivity contribution < 1.29 is 9.84 Å². The van der Waals surface area contributed by atoms with E-state index in [1.807, 2.05) is 12.1 Å². The summed E-state index contributed by atoms with van der Waals surface area (Å²) in [5.41, 5.74) is 3.09. The van der Waals surface area contributed by atoms with Crippen molar-refractivity contribution in [2.75, 3.05) is 30.6 Å². The van der Waals surface area contributed by atoms with Gasteiger partial charge < -0.3 is 20.6 Å². The summed E-state index contributed by atoms with van der Waals surface area (Å²) in [6.07, 6.45) is 3.25. The summed E-state index contributed by atoms with van der Waals surface area (Å²) in [6, 6.07) is 3.67. The predicted molar refractivity (Wildman–Crippen MR) is 65.5 cm³/mol. The first-order valence-electron chi connectivity index (χ1n) is 5.67. The minimum Gasteiger partial charge on any atom is -0.394 e. The Kier molecular flexibility index (Phi) is 3.78. The van der Waals surface area contributed by atoms with Gasteiger partial charge >= 0.3 is 0 Å². The molecule has 0 aliphatic carbocycles. The van der Waals surface area contributed by atoms with E-state index >= 15 is 0 Å². The number of nitrogen functional groups attached to an aromatic ring is 1. The molecule has 0 bridgehead atoms. The fraction of sp³-hybridized carbons (Fsp3) is 0.545. The molecule has 2 heterocycles. The summed E-state index contributed by atoms with van der Waals surface area (Å²) in [6.45, 7) is 1.42. The van der Waals surface area contributed by atoms with Crippen LogP contribution in [0.25, 0.3) is 0 Å². The van der Waals surface area contributed by atoms with Crippen molar-refractivity contribution in [3.8, 4) is 0 Å². The maximum Gasteiger partial charge on any atom is 0.141 e. The fourth-order valence-corrected chi connectivity index (χ4v) is 1.98. The van der Waals surface area contributed by atoms with Gasteiger partial charge in [0.1, 0.15) is 5.82 Å². The van der Waals surface area contributed by atoms with Gasteiger partial charge in [0.25, 0.3) is 0 Å². The topological polar surface area (TPSA) is 92.4 Å². The maximum absolute atomic E-state index is 9.56. The molecule has 0 saturated carbocycles. The Labute approximate surface area is 100 Å². The zero-order chi connectivity index (χ0) is 12.1. The summed E-state index contributed by atoms with van der Waals surface area (Å²) >= 11 is 0. The summed E-state index contributed by atoms with van der Waals surface area (Å²) in [4.78, 5) is 4.04. The molecule has 0 radical (unpaired) electrons. The summed E-state index contributed by atoms with van der Waals surface area (Å²) in [5.74, 6) is 5.90. The molecule has 0 amide bonds. The van der Waals surface area contributed by atoms with Crippen LogP contribution < -0.4 is 16.6 Å². The Morgan fingerprint density at radius 3 is 2.88 bits per heavy atom. The molecule has 1 saturated heterocycles. The van der Waals surface area contributed by atoms with Crippen LogP contribution in [-0.4, -0.2) is 35.5 Å². The number of aromatic nitrogens is 1. The van der Waals surface area contributed by atoms with Crippen LogP contribution in [0.4, 0.5) is 11.5 Å². The summed E-state index contributed by atoms with van der Waals surface area (Å²) in [7, 11) is 0. The quantitative estimate of drug-likeness (QED) is 0.446. The van der Waals surface area contributed by atoms with Crippen molar-refractivity contribution in [3.05, 3.63) is 18.3 Å². The maximum atomic E-state index is 9.56. The highest BCUT2D eigenvalue weighted by Gasteiger charge is 2.31. The molecule has 1 aliphatic rings. The van der Waals surface area contributed by atoms with Gasteiger partial charge in [0.2, 0.25) is 0 Å². The lowest BCUT2D eigenvalue weighted by Gasteiger charge is -2.37. The number of aliphatic hydroxyl groups is 1. The van der Waals surface area contributed by atoms with Gasteiger partial charge in [-0.3, -0.25) is 0 Å².